The van der Waals surface area contributed by atoms with E-state index in [4.69, 9.17) is 6.42 Å². The van der Waals surface area contributed by atoms with Crippen molar-refractivity contribution in [3.05, 3.63) is 12.2 Å². The second-order valence-electron chi connectivity index (χ2n) is 2.42. The van der Waals surface area contributed by atoms with Crippen molar-refractivity contribution in [3.8, 4) is 12.3 Å². The van der Waals surface area contributed by atoms with Crippen LogP contribution in [0.2, 0.25) is 0 Å². The van der Waals surface area contributed by atoms with Gasteiger partial charge in [-0.15, -0.1) is 14.3 Å². The van der Waals surface area contributed by atoms with Crippen LogP contribution < -0.4 is 0 Å². The highest BCUT2D eigenvalue weighted by Crippen LogP contribution is 2.36. The third-order valence-electron chi connectivity index (χ3n) is 1.51. The van der Waals surface area contributed by atoms with Crippen LogP contribution in [0.4, 0.5) is 0 Å². The van der Waals surface area contributed by atoms with Crippen LogP contribution in [0.25, 0.3) is 0 Å². The van der Waals surface area contributed by atoms with E-state index in [1.807, 2.05) is 0 Å². The molecule has 2 atom stereocenters. The molecule has 0 spiro atoms. The summed E-state index contributed by atoms with van der Waals surface area (Å²) in [5, 5.41) is 0. The molecular weight excluding hydrogens is 127 g/mol. The van der Waals surface area contributed by atoms with Gasteiger partial charge in [0.1, 0.15) is 0 Å². The van der Waals surface area contributed by atoms with Gasteiger partial charge in [-0.1, -0.05) is 18.1 Å². The molecule has 0 amide bonds. The van der Waals surface area contributed by atoms with Crippen molar-refractivity contribution >= 4 is 7.92 Å². The lowest BCUT2D eigenvalue weighted by molar-refractivity contribution is 0.974. The molecule has 1 aliphatic heterocycles. The van der Waals surface area contributed by atoms with Gasteiger partial charge in [-0.05, 0) is 19.0 Å². The molecule has 0 aromatic carbocycles. The Hall–Kier alpha value is -0.270. The summed E-state index contributed by atoms with van der Waals surface area (Å²) >= 11 is 0. The summed E-state index contributed by atoms with van der Waals surface area (Å²) < 4.78 is 0. The summed E-state index contributed by atoms with van der Waals surface area (Å²) in [6, 6.07) is 0. The van der Waals surface area contributed by atoms with E-state index in [9.17, 15) is 0 Å². The minimum Gasteiger partial charge on any atom is -0.119 e. The van der Waals surface area contributed by atoms with Crippen LogP contribution in [0.1, 0.15) is 0 Å². The minimum absolute atomic E-state index is 0.234. The highest BCUT2D eigenvalue weighted by Gasteiger charge is 2.09. The summed E-state index contributed by atoms with van der Waals surface area (Å²) in [6.45, 7) is 2.31. The van der Waals surface area contributed by atoms with Gasteiger partial charge in [-0.2, -0.15) is 0 Å². The Morgan fingerprint density at radius 2 is 2.56 bits per heavy atom. The molecular formula is C8H11P. The SMILES string of the molecule is C#CC1C=CCP(C)C1. The van der Waals surface area contributed by atoms with Crippen LogP contribution in [0.3, 0.4) is 0 Å². The molecule has 0 nitrogen and oxygen atoms in total. The van der Waals surface area contributed by atoms with Gasteiger partial charge in [0, 0.05) is 5.92 Å². The predicted molar refractivity (Wildman–Crippen MR) is 44.0 cm³/mol. The average Bonchev–Trinajstić information content (AvgIpc) is 1.88. The third kappa shape index (κ3) is 1.84. The number of hydrogen-bond acceptors (Lipinski definition) is 0. The number of terminal acetylenes is 1. The molecule has 0 aliphatic carbocycles. The van der Waals surface area contributed by atoms with Crippen molar-refractivity contribution in [2.75, 3.05) is 19.0 Å². The van der Waals surface area contributed by atoms with E-state index in [1.54, 1.807) is 0 Å². The first kappa shape index (κ1) is 6.84. The summed E-state index contributed by atoms with van der Waals surface area (Å²) in [5.74, 6) is 3.20. The topological polar surface area (TPSA) is 0 Å². The van der Waals surface area contributed by atoms with E-state index in [1.165, 1.54) is 12.3 Å². The van der Waals surface area contributed by atoms with Crippen molar-refractivity contribution in [1.29, 1.82) is 0 Å². The zero-order valence-electron chi connectivity index (χ0n) is 5.67. The van der Waals surface area contributed by atoms with Gasteiger partial charge in [-0.3, -0.25) is 0 Å². The fourth-order valence-electron chi connectivity index (χ4n) is 0.985. The van der Waals surface area contributed by atoms with Crippen molar-refractivity contribution in [1.82, 2.24) is 0 Å². The molecule has 0 N–H and O–H groups in total. The van der Waals surface area contributed by atoms with Crippen LogP contribution >= 0.6 is 7.92 Å². The number of rotatable bonds is 0. The molecule has 48 valence electrons. The minimum atomic E-state index is 0.234. The molecule has 0 radical (unpaired) electrons. The van der Waals surface area contributed by atoms with Gasteiger partial charge < -0.3 is 0 Å². The molecule has 2 unspecified atom stereocenters. The van der Waals surface area contributed by atoms with Gasteiger partial charge >= 0.3 is 0 Å². The van der Waals surface area contributed by atoms with E-state index in [0.29, 0.717) is 5.92 Å². The predicted octanol–water partition coefficient (Wildman–Crippen LogP) is 1.92. The van der Waals surface area contributed by atoms with E-state index in [0.717, 1.165) is 0 Å². The van der Waals surface area contributed by atoms with E-state index < -0.39 is 0 Å². The maximum atomic E-state index is 5.27. The van der Waals surface area contributed by atoms with Crippen molar-refractivity contribution in [3.63, 3.8) is 0 Å². The Labute approximate surface area is 58.1 Å². The summed E-state index contributed by atoms with van der Waals surface area (Å²) in [4.78, 5) is 0. The lowest BCUT2D eigenvalue weighted by atomic mass is 10.2. The first-order valence-electron chi connectivity index (χ1n) is 3.14. The molecule has 1 aliphatic rings. The maximum Gasteiger partial charge on any atom is 0.0419 e. The molecule has 0 aromatic rings. The van der Waals surface area contributed by atoms with Gasteiger partial charge in [-0.25, -0.2) is 0 Å². The van der Waals surface area contributed by atoms with Crippen LogP contribution in [0, 0.1) is 18.3 Å². The first-order chi connectivity index (χ1) is 4.33. The first-order valence-corrected chi connectivity index (χ1v) is 5.30. The maximum absolute atomic E-state index is 5.27. The quantitative estimate of drug-likeness (QED) is 0.272. The van der Waals surface area contributed by atoms with Crippen molar-refractivity contribution < 1.29 is 0 Å². The highest BCUT2D eigenvalue weighted by molar-refractivity contribution is 7.57. The Balaban J connectivity index is 2.52. The molecule has 9 heavy (non-hydrogen) atoms. The average molecular weight is 138 g/mol. The lowest BCUT2D eigenvalue weighted by Gasteiger charge is -2.17. The van der Waals surface area contributed by atoms with Crippen molar-refractivity contribution in [2.45, 2.75) is 0 Å². The Morgan fingerprint density at radius 1 is 1.78 bits per heavy atom. The monoisotopic (exact) mass is 138 g/mol. The lowest BCUT2D eigenvalue weighted by Crippen LogP contribution is -2.03. The van der Waals surface area contributed by atoms with Gasteiger partial charge in [0.2, 0.25) is 0 Å². The molecule has 0 saturated heterocycles. The molecule has 0 fully saturated rings. The third-order valence-corrected chi connectivity index (χ3v) is 3.36. The number of hydrogen-bond donors (Lipinski definition) is 0. The Bertz CT molecular complexity index is 152. The molecule has 1 rings (SSSR count). The van der Waals surface area contributed by atoms with Crippen LogP contribution in [0.15, 0.2) is 12.2 Å². The normalized spacial score (nSPS) is 33.8. The number of allylic oxidation sites excluding steroid dienone is 2. The van der Waals surface area contributed by atoms with E-state index >= 15 is 0 Å². The fourth-order valence-corrected chi connectivity index (χ4v) is 2.51. The molecule has 0 saturated carbocycles. The largest absolute Gasteiger partial charge is 0.119 e. The fraction of sp³-hybridized carbons (Fsp3) is 0.500. The van der Waals surface area contributed by atoms with Crippen LogP contribution in [-0.2, 0) is 0 Å². The zero-order valence-corrected chi connectivity index (χ0v) is 6.57. The zero-order chi connectivity index (χ0) is 6.69. The van der Waals surface area contributed by atoms with Crippen molar-refractivity contribution in [2.24, 2.45) is 5.92 Å². The molecule has 0 bridgehead atoms. The molecule has 1 heteroatoms. The molecule has 0 aromatic heterocycles. The van der Waals surface area contributed by atoms with Gasteiger partial charge in [0.25, 0.3) is 0 Å². The summed E-state index contributed by atoms with van der Waals surface area (Å²) in [5.41, 5.74) is 0. The van der Waals surface area contributed by atoms with Crippen LogP contribution in [0.5, 0.6) is 0 Å². The van der Waals surface area contributed by atoms with Gasteiger partial charge in [0.05, 0.1) is 0 Å². The molecule has 1 heterocycles. The second-order valence-corrected chi connectivity index (χ2v) is 4.86. The van der Waals surface area contributed by atoms with E-state index in [-0.39, 0.29) is 7.92 Å². The summed E-state index contributed by atoms with van der Waals surface area (Å²) in [7, 11) is 0.234. The van der Waals surface area contributed by atoms with E-state index in [2.05, 4.69) is 24.7 Å². The summed E-state index contributed by atoms with van der Waals surface area (Å²) in [6.07, 6.45) is 12.2. The second kappa shape index (κ2) is 3.04. The highest BCUT2D eigenvalue weighted by atomic mass is 31.1. The van der Waals surface area contributed by atoms with Crippen LogP contribution in [-0.4, -0.2) is 19.0 Å². The standard InChI is InChI=1S/C8H11P/c1-3-8-5-4-6-9(2)7-8/h1,4-5,8H,6-7H2,2H3. The Morgan fingerprint density at radius 3 is 3.00 bits per heavy atom. The van der Waals surface area contributed by atoms with Gasteiger partial charge in [0.15, 0.2) is 0 Å². The Kier molecular flexibility index (Phi) is 2.31. The smallest absolute Gasteiger partial charge is 0.0419 e.